The topological polar surface area (TPSA) is 76.2 Å². The van der Waals surface area contributed by atoms with Gasteiger partial charge in [0.2, 0.25) is 0 Å². The molecule has 0 bridgehead atoms. The number of hydrogen-bond acceptors (Lipinski definition) is 4. The predicted octanol–water partition coefficient (Wildman–Crippen LogP) is 3.90. The molecule has 3 aromatic rings. The van der Waals surface area contributed by atoms with Gasteiger partial charge in [-0.25, -0.2) is 9.78 Å². The van der Waals surface area contributed by atoms with E-state index in [2.05, 4.69) is 4.98 Å². The number of carboxylic acids is 1. The van der Waals surface area contributed by atoms with Crippen molar-refractivity contribution in [3.05, 3.63) is 47.0 Å². The quantitative estimate of drug-likeness (QED) is 0.704. The van der Waals surface area contributed by atoms with E-state index in [1.807, 2.05) is 24.3 Å². The minimum atomic E-state index is -1.10. The summed E-state index contributed by atoms with van der Waals surface area (Å²) in [4.78, 5) is 15.5. The van der Waals surface area contributed by atoms with Crippen molar-refractivity contribution in [1.29, 1.82) is 0 Å². The van der Waals surface area contributed by atoms with Gasteiger partial charge >= 0.3 is 5.97 Å². The summed E-state index contributed by atoms with van der Waals surface area (Å²) in [6.45, 7) is 0. The van der Waals surface area contributed by atoms with Crippen molar-refractivity contribution in [2.24, 2.45) is 0 Å². The number of fused-ring (bicyclic) bond motifs is 1. The molecule has 0 unspecified atom stereocenters. The molecule has 0 aliphatic carbocycles. The van der Waals surface area contributed by atoms with Crippen LogP contribution in [0.1, 0.15) is 10.4 Å². The smallest absolute Gasteiger partial charge is 0.337 e. The monoisotopic (exact) mass is 304 g/mol. The van der Waals surface area contributed by atoms with E-state index in [0.29, 0.717) is 11.3 Å². The van der Waals surface area contributed by atoms with Gasteiger partial charge in [-0.2, -0.15) is 0 Å². The third kappa shape index (κ3) is 2.11. The van der Waals surface area contributed by atoms with Gasteiger partial charge in [-0.1, -0.05) is 23.7 Å². The lowest BCUT2D eigenvalue weighted by Crippen LogP contribution is -2.00. The number of aromatic carboxylic acids is 1. The molecule has 2 aromatic carbocycles. The van der Waals surface area contributed by atoms with Crippen LogP contribution < -0.4 is 5.73 Å². The lowest BCUT2D eigenvalue weighted by molar-refractivity contribution is 0.0697. The number of aromatic nitrogens is 1. The Labute approximate surface area is 123 Å². The molecular weight excluding hydrogens is 296 g/mol. The first-order valence-electron chi connectivity index (χ1n) is 5.74. The molecule has 20 heavy (non-hydrogen) atoms. The Hall–Kier alpha value is -2.11. The van der Waals surface area contributed by atoms with Gasteiger partial charge < -0.3 is 10.8 Å². The third-order valence-corrected chi connectivity index (χ3v) is 4.28. The first-order chi connectivity index (χ1) is 9.56. The maximum atomic E-state index is 11.0. The van der Waals surface area contributed by atoms with Gasteiger partial charge in [0.1, 0.15) is 5.01 Å². The Morgan fingerprint density at radius 1 is 1.30 bits per heavy atom. The standard InChI is InChI=1S/C14H9ClN2O2S/c15-9-5-8(10(16)6-7(9)14(18)19)13-17-11-3-1-2-4-12(11)20-13/h1-6H,16H2,(H,18,19). The Morgan fingerprint density at radius 3 is 2.75 bits per heavy atom. The molecule has 0 aliphatic heterocycles. The lowest BCUT2D eigenvalue weighted by atomic mass is 10.1. The van der Waals surface area contributed by atoms with Gasteiger partial charge in [0.15, 0.2) is 0 Å². The van der Waals surface area contributed by atoms with Crippen LogP contribution in [0.25, 0.3) is 20.8 Å². The molecule has 0 aliphatic rings. The maximum Gasteiger partial charge on any atom is 0.337 e. The first kappa shape index (κ1) is 12.9. The van der Waals surface area contributed by atoms with E-state index in [9.17, 15) is 4.79 Å². The molecule has 0 saturated heterocycles. The van der Waals surface area contributed by atoms with Gasteiger partial charge in [0.25, 0.3) is 0 Å². The fourth-order valence-electron chi connectivity index (χ4n) is 1.93. The van der Waals surface area contributed by atoms with Crippen molar-refractivity contribution in [2.45, 2.75) is 0 Å². The summed E-state index contributed by atoms with van der Waals surface area (Å²) in [7, 11) is 0. The van der Waals surface area contributed by atoms with Crippen LogP contribution in [0.15, 0.2) is 36.4 Å². The molecule has 0 radical (unpaired) electrons. The highest BCUT2D eigenvalue weighted by Gasteiger charge is 2.15. The van der Waals surface area contributed by atoms with Gasteiger partial charge in [0, 0.05) is 11.3 Å². The number of nitrogens with zero attached hydrogens (tertiary/aromatic N) is 1. The number of hydrogen-bond donors (Lipinski definition) is 2. The van der Waals surface area contributed by atoms with E-state index in [0.717, 1.165) is 15.2 Å². The maximum absolute atomic E-state index is 11.0. The van der Waals surface area contributed by atoms with Crippen LogP contribution in [-0.2, 0) is 0 Å². The molecule has 0 fully saturated rings. The summed E-state index contributed by atoms with van der Waals surface area (Å²) >= 11 is 7.48. The fourth-order valence-corrected chi connectivity index (χ4v) is 3.17. The number of carboxylic acid groups (broad SMARTS) is 1. The van der Waals surface area contributed by atoms with Crippen molar-refractivity contribution in [2.75, 3.05) is 5.73 Å². The Morgan fingerprint density at radius 2 is 2.05 bits per heavy atom. The highest BCUT2D eigenvalue weighted by atomic mass is 35.5. The van der Waals surface area contributed by atoms with Crippen LogP contribution in [-0.4, -0.2) is 16.1 Å². The normalized spacial score (nSPS) is 10.8. The average molecular weight is 305 g/mol. The predicted molar refractivity (Wildman–Crippen MR) is 81.4 cm³/mol. The number of thiazole rings is 1. The fraction of sp³-hybridized carbons (Fsp3) is 0. The van der Waals surface area contributed by atoms with Crippen LogP contribution in [0.4, 0.5) is 5.69 Å². The number of nitrogens with two attached hydrogens (primary N) is 1. The van der Waals surface area contributed by atoms with Crippen LogP contribution >= 0.6 is 22.9 Å². The van der Waals surface area contributed by atoms with E-state index in [-0.39, 0.29) is 10.6 Å². The number of nitrogen functional groups attached to an aromatic ring is 1. The molecule has 1 aromatic heterocycles. The highest BCUT2D eigenvalue weighted by Crippen LogP contribution is 2.36. The number of anilines is 1. The summed E-state index contributed by atoms with van der Waals surface area (Å²) < 4.78 is 1.04. The zero-order valence-electron chi connectivity index (χ0n) is 10.1. The van der Waals surface area contributed by atoms with Gasteiger partial charge in [-0.3, -0.25) is 0 Å². The van der Waals surface area contributed by atoms with E-state index >= 15 is 0 Å². The summed E-state index contributed by atoms with van der Waals surface area (Å²) in [5, 5.41) is 9.89. The Kier molecular flexibility index (Phi) is 3.08. The minimum Gasteiger partial charge on any atom is -0.478 e. The highest BCUT2D eigenvalue weighted by molar-refractivity contribution is 7.21. The number of carbonyl (C=O) groups is 1. The van der Waals surface area contributed by atoms with E-state index < -0.39 is 5.97 Å². The largest absolute Gasteiger partial charge is 0.478 e. The van der Waals surface area contributed by atoms with Crippen molar-refractivity contribution in [1.82, 2.24) is 4.98 Å². The van der Waals surface area contributed by atoms with Crippen molar-refractivity contribution in [3.63, 3.8) is 0 Å². The summed E-state index contributed by atoms with van der Waals surface area (Å²) in [6, 6.07) is 10.7. The molecule has 3 N–H and O–H groups in total. The van der Waals surface area contributed by atoms with Crippen molar-refractivity contribution < 1.29 is 9.90 Å². The van der Waals surface area contributed by atoms with Crippen LogP contribution in [0.3, 0.4) is 0 Å². The van der Waals surface area contributed by atoms with E-state index in [1.165, 1.54) is 17.4 Å². The summed E-state index contributed by atoms with van der Waals surface area (Å²) in [5.74, 6) is -1.10. The SMILES string of the molecule is Nc1cc(C(=O)O)c(Cl)cc1-c1nc2ccccc2s1. The second kappa shape index (κ2) is 4.77. The molecule has 100 valence electrons. The molecular formula is C14H9ClN2O2S. The summed E-state index contributed by atoms with van der Waals surface area (Å²) in [5.41, 5.74) is 7.81. The Bertz CT molecular complexity index is 796. The second-order valence-electron chi connectivity index (χ2n) is 4.21. The van der Waals surface area contributed by atoms with Crippen molar-refractivity contribution in [3.8, 4) is 10.6 Å². The first-order valence-corrected chi connectivity index (χ1v) is 6.94. The number of halogens is 1. The molecule has 3 rings (SSSR count). The van der Waals surface area contributed by atoms with Gasteiger partial charge in [-0.15, -0.1) is 11.3 Å². The molecule has 6 heteroatoms. The molecule has 0 amide bonds. The minimum absolute atomic E-state index is 0.00553. The molecule has 0 atom stereocenters. The molecule has 4 nitrogen and oxygen atoms in total. The van der Waals surface area contributed by atoms with E-state index in [4.69, 9.17) is 22.4 Å². The molecule has 0 spiro atoms. The molecule has 1 heterocycles. The van der Waals surface area contributed by atoms with E-state index in [1.54, 1.807) is 6.07 Å². The number of benzene rings is 2. The third-order valence-electron chi connectivity index (χ3n) is 2.89. The van der Waals surface area contributed by atoms with Crippen LogP contribution in [0.5, 0.6) is 0 Å². The van der Waals surface area contributed by atoms with Gasteiger partial charge in [0.05, 0.1) is 20.8 Å². The zero-order valence-corrected chi connectivity index (χ0v) is 11.7. The summed E-state index contributed by atoms with van der Waals surface area (Å²) in [6.07, 6.45) is 0. The number of para-hydroxylation sites is 1. The number of rotatable bonds is 2. The molecule has 0 saturated carbocycles. The van der Waals surface area contributed by atoms with Crippen LogP contribution in [0.2, 0.25) is 5.02 Å². The van der Waals surface area contributed by atoms with Crippen molar-refractivity contribution >= 4 is 44.8 Å². The second-order valence-corrected chi connectivity index (χ2v) is 5.65. The lowest BCUT2D eigenvalue weighted by Gasteiger charge is -2.06. The average Bonchev–Trinajstić information content (AvgIpc) is 2.84. The zero-order chi connectivity index (χ0) is 14.3. The van der Waals surface area contributed by atoms with Gasteiger partial charge in [-0.05, 0) is 24.3 Å². The Balaban J connectivity index is 2.19. The van der Waals surface area contributed by atoms with Crippen LogP contribution in [0, 0.1) is 0 Å².